The molecule has 82 valence electrons. The highest BCUT2D eigenvalue weighted by Gasteiger charge is 2.20. The molecule has 0 aliphatic carbocycles. The molecule has 0 fully saturated rings. The van der Waals surface area contributed by atoms with Gasteiger partial charge in [0.25, 0.3) is 0 Å². The van der Waals surface area contributed by atoms with E-state index >= 15 is 0 Å². The van der Waals surface area contributed by atoms with Crippen molar-refractivity contribution in [3.05, 3.63) is 23.8 Å². The van der Waals surface area contributed by atoms with Crippen LogP contribution < -0.4 is 4.74 Å². The van der Waals surface area contributed by atoms with Gasteiger partial charge >= 0.3 is 0 Å². The van der Waals surface area contributed by atoms with E-state index in [1.54, 1.807) is 12.1 Å². The first-order valence-electron chi connectivity index (χ1n) is 5.24. The Morgan fingerprint density at radius 1 is 1.47 bits per heavy atom. The maximum atomic E-state index is 9.39. The average molecular weight is 207 g/mol. The molecule has 1 atom stereocenters. The summed E-state index contributed by atoms with van der Waals surface area (Å²) in [5.41, 5.74) is 1.12. The predicted molar refractivity (Wildman–Crippen MR) is 59.3 cm³/mol. The smallest absolute Gasteiger partial charge is 0.122 e. The van der Waals surface area contributed by atoms with Gasteiger partial charge in [-0.2, -0.15) is 0 Å². The molecule has 3 nitrogen and oxygen atoms in total. The Hall–Kier alpha value is -1.22. The Kier molecular flexibility index (Phi) is 2.82. The summed E-state index contributed by atoms with van der Waals surface area (Å²) in [7, 11) is 4.13. The number of phenols is 1. The van der Waals surface area contributed by atoms with Crippen LogP contribution in [0.25, 0.3) is 0 Å². The normalized spacial score (nSPS) is 19.8. The Bertz CT molecular complexity index is 349. The van der Waals surface area contributed by atoms with Gasteiger partial charge in [-0.25, -0.2) is 0 Å². The van der Waals surface area contributed by atoms with E-state index in [0.717, 1.165) is 30.9 Å². The van der Waals surface area contributed by atoms with E-state index in [1.165, 1.54) is 0 Å². The third-order valence-corrected chi connectivity index (χ3v) is 2.65. The lowest BCUT2D eigenvalue weighted by atomic mass is 9.96. The number of rotatable bonds is 2. The highest BCUT2D eigenvalue weighted by molar-refractivity contribution is 5.41. The van der Waals surface area contributed by atoms with Crippen LogP contribution in [0.5, 0.6) is 11.5 Å². The number of aromatic hydroxyl groups is 1. The minimum Gasteiger partial charge on any atom is -0.508 e. The van der Waals surface area contributed by atoms with Crippen molar-refractivity contribution in [1.29, 1.82) is 0 Å². The van der Waals surface area contributed by atoms with Crippen LogP contribution in [-0.4, -0.2) is 37.3 Å². The number of ether oxygens (including phenoxy) is 1. The van der Waals surface area contributed by atoms with Crippen molar-refractivity contribution >= 4 is 0 Å². The van der Waals surface area contributed by atoms with Gasteiger partial charge in [-0.1, -0.05) is 0 Å². The quantitative estimate of drug-likeness (QED) is 0.797. The molecule has 0 spiro atoms. The molecule has 1 aromatic carbocycles. The number of phenolic OH excluding ortho intramolecular Hbond substituents is 1. The van der Waals surface area contributed by atoms with Crippen molar-refractivity contribution in [2.45, 2.75) is 6.42 Å². The van der Waals surface area contributed by atoms with Crippen molar-refractivity contribution < 1.29 is 9.84 Å². The van der Waals surface area contributed by atoms with E-state index in [0.29, 0.717) is 11.7 Å². The molecule has 1 aliphatic heterocycles. The van der Waals surface area contributed by atoms with Crippen molar-refractivity contribution in [1.82, 2.24) is 4.90 Å². The fourth-order valence-electron chi connectivity index (χ4n) is 2.08. The van der Waals surface area contributed by atoms with Crippen molar-refractivity contribution in [2.24, 2.45) is 5.92 Å². The standard InChI is InChI=1S/C12H17NO2/c1-13(2)7-9-5-10-6-11(14)3-4-12(10)15-8-9/h3-4,6,9,14H,5,7-8H2,1-2H3. The summed E-state index contributed by atoms with van der Waals surface area (Å²) in [5.74, 6) is 1.76. The number of hydrogen-bond acceptors (Lipinski definition) is 3. The minimum atomic E-state index is 0.322. The van der Waals surface area contributed by atoms with Gasteiger partial charge < -0.3 is 14.7 Å². The summed E-state index contributed by atoms with van der Waals surface area (Å²) < 4.78 is 5.65. The molecule has 2 rings (SSSR count). The molecule has 0 saturated carbocycles. The van der Waals surface area contributed by atoms with Gasteiger partial charge in [-0.3, -0.25) is 0 Å². The van der Waals surface area contributed by atoms with Gasteiger partial charge in [0.15, 0.2) is 0 Å². The average Bonchev–Trinajstić information content (AvgIpc) is 2.16. The molecule has 0 radical (unpaired) electrons. The van der Waals surface area contributed by atoms with E-state index in [1.807, 2.05) is 6.07 Å². The van der Waals surface area contributed by atoms with E-state index in [9.17, 15) is 5.11 Å². The second kappa shape index (κ2) is 4.11. The van der Waals surface area contributed by atoms with Crippen LogP contribution in [0.15, 0.2) is 18.2 Å². The van der Waals surface area contributed by atoms with Gasteiger partial charge in [0.2, 0.25) is 0 Å². The van der Waals surface area contributed by atoms with Gasteiger partial charge in [-0.05, 0) is 44.3 Å². The van der Waals surface area contributed by atoms with Crippen molar-refractivity contribution in [3.8, 4) is 11.5 Å². The van der Waals surface area contributed by atoms with Crippen LogP contribution in [0.1, 0.15) is 5.56 Å². The lowest BCUT2D eigenvalue weighted by Crippen LogP contribution is -2.30. The van der Waals surface area contributed by atoms with E-state index in [4.69, 9.17) is 4.74 Å². The molecule has 1 N–H and O–H groups in total. The van der Waals surface area contributed by atoms with E-state index < -0.39 is 0 Å². The summed E-state index contributed by atoms with van der Waals surface area (Å²) in [4.78, 5) is 2.17. The molecule has 1 heterocycles. The maximum absolute atomic E-state index is 9.39. The zero-order valence-electron chi connectivity index (χ0n) is 9.23. The molecular formula is C12H17NO2. The fourth-order valence-corrected chi connectivity index (χ4v) is 2.08. The van der Waals surface area contributed by atoms with E-state index in [2.05, 4.69) is 19.0 Å². The molecule has 0 saturated heterocycles. The van der Waals surface area contributed by atoms with Gasteiger partial charge in [0.1, 0.15) is 11.5 Å². The number of hydrogen-bond donors (Lipinski definition) is 1. The second-order valence-electron chi connectivity index (χ2n) is 4.44. The first-order chi connectivity index (χ1) is 7.15. The van der Waals surface area contributed by atoms with Crippen LogP contribution in [0.2, 0.25) is 0 Å². The second-order valence-corrected chi connectivity index (χ2v) is 4.44. The van der Waals surface area contributed by atoms with Crippen molar-refractivity contribution in [2.75, 3.05) is 27.2 Å². The molecule has 1 unspecified atom stereocenters. The van der Waals surface area contributed by atoms with Crippen LogP contribution in [0.4, 0.5) is 0 Å². The number of nitrogens with zero attached hydrogens (tertiary/aromatic N) is 1. The topological polar surface area (TPSA) is 32.7 Å². The molecule has 0 bridgehead atoms. The highest BCUT2D eigenvalue weighted by atomic mass is 16.5. The fraction of sp³-hybridized carbons (Fsp3) is 0.500. The molecule has 1 aliphatic rings. The molecule has 0 aromatic heterocycles. The Balaban J connectivity index is 2.11. The summed E-state index contributed by atoms with van der Waals surface area (Å²) in [6.45, 7) is 1.80. The Morgan fingerprint density at radius 3 is 3.00 bits per heavy atom. The minimum absolute atomic E-state index is 0.322. The molecule has 15 heavy (non-hydrogen) atoms. The summed E-state index contributed by atoms with van der Waals surface area (Å²) >= 11 is 0. The predicted octanol–water partition coefficient (Wildman–Crippen LogP) is 1.50. The lowest BCUT2D eigenvalue weighted by Gasteiger charge is -2.27. The SMILES string of the molecule is CN(C)CC1COc2ccc(O)cc2C1. The monoisotopic (exact) mass is 207 g/mol. The highest BCUT2D eigenvalue weighted by Crippen LogP contribution is 2.30. The molecule has 1 aromatic rings. The largest absolute Gasteiger partial charge is 0.508 e. The first kappa shape index (κ1) is 10.3. The Morgan fingerprint density at radius 2 is 2.27 bits per heavy atom. The van der Waals surface area contributed by atoms with Crippen LogP contribution >= 0.6 is 0 Å². The summed E-state index contributed by atoms with van der Waals surface area (Å²) in [6.07, 6.45) is 0.988. The third kappa shape index (κ3) is 2.42. The van der Waals surface area contributed by atoms with E-state index in [-0.39, 0.29) is 0 Å². The first-order valence-corrected chi connectivity index (χ1v) is 5.24. The van der Waals surface area contributed by atoms with Gasteiger partial charge in [0.05, 0.1) is 6.61 Å². The zero-order chi connectivity index (χ0) is 10.8. The van der Waals surface area contributed by atoms with Crippen LogP contribution in [-0.2, 0) is 6.42 Å². The molecule has 3 heteroatoms. The van der Waals surface area contributed by atoms with Gasteiger partial charge in [-0.15, -0.1) is 0 Å². The van der Waals surface area contributed by atoms with Crippen LogP contribution in [0, 0.1) is 5.92 Å². The summed E-state index contributed by atoms with van der Waals surface area (Å²) in [5, 5.41) is 9.39. The third-order valence-electron chi connectivity index (χ3n) is 2.65. The number of benzene rings is 1. The molecule has 0 amide bonds. The summed E-state index contributed by atoms with van der Waals surface area (Å²) in [6, 6.07) is 5.32. The Labute approximate surface area is 90.3 Å². The number of fused-ring (bicyclic) bond motifs is 1. The maximum Gasteiger partial charge on any atom is 0.122 e. The molecular weight excluding hydrogens is 190 g/mol. The van der Waals surface area contributed by atoms with Crippen molar-refractivity contribution in [3.63, 3.8) is 0 Å². The zero-order valence-corrected chi connectivity index (χ0v) is 9.23. The van der Waals surface area contributed by atoms with Crippen LogP contribution in [0.3, 0.4) is 0 Å². The lowest BCUT2D eigenvalue weighted by molar-refractivity contribution is 0.188. The van der Waals surface area contributed by atoms with Gasteiger partial charge in [0, 0.05) is 12.5 Å².